The molecule has 4 aromatic rings. The number of benzene rings is 3. The van der Waals surface area contributed by atoms with Crippen LogP contribution in [0.1, 0.15) is 47.4 Å². The van der Waals surface area contributed by atoms with Crippen molar-refractivity contribution in [3.8, 4) is 0 Å². The third-order valence-electron chi connectivity index (χ3n) is 7.00. The minimum absolute atomic E-state index is 0.0586. The number of anilines is 1. The monoisotopic (exact) mass is 390 g/mol. The molecule has 30 heavy (non-hydrogen) atoms. The number of para-hydroxylation sites is 1. The third-order valence-corrected chi connectivity index (χ3v) is 7.00. The second-order valence-corrected chi connectivity index (χ2v) is 8.74. The SMILES string of the molecule is CC1(C(=O)Nc2cnc3ccccc3c2)CC2c3ccccc3C1c1ccccc12. The van der Waals surface area contributed by atoms with Crippen molar-refractivity contribution in [1.29, 1.82) is 0 Å². The van der Waals surface area contributed by atoms with Gasteiger partial charge in [-0.25, -0.2) is 0 Å². The summed E-state index contributed by atoms with van der Waals surface area (Å²) in [6, 6.07) is 27.2. The summed E-state index contributed by atoms with van der Waals surface area (Å²) in [5.41, 5.74) is 6.50. The standard InChI is InChI=1S/C27H22N2O/c1-27(26(30)29-18-14-17-8-2-7-13-24(17)28-16-18)15-23-19-9-3-5-11-21(19)25(27)22-12-6-4-10-20(22)23/h2-14,16,23,25H,15H2,1H3,(H,29,30). The molecule has 146 valence electrons. The summed E-state index contributed by atoms with van der Waals surface area (Å²) in [7, 11) is 0. The molecule has 0 saturated carbocycles. The van der Waals surface area contributed by atoms with Gasteiger partial charge >= 0.3 is 0 Å². The van der Waals surface area contributed by atoms with Gasteiger partial charge in [0.15, 0.2) is 0 Å². The van der Waals surface area contributed by atoms with Crippen molar-refractivity contribution in [2.45, 2.75) is 25.2 Å². The van der Waals surface area contributed by atoms with Crippen LogP contribution in [0.2, 0.25) is 0 Å². The minimum atomic E-state index is -0.515. The van der Waals surface area contributed by atoms with Crippen LogP contribution in [0.3, 0.4) is 0 Å². The van der Waals surface area contributed by atoms with E-state index >= 15 is 0 Å². The van der Waals surface area contributed by atoms with Gasteiger partial charge in [0.2, 0.25) is 5.91 Å². The fraction of sp³-hybridized carbons (Fsp3) is 0.185. The molecule has 2 bridgehead atoms. The zero-order chi connectivity index (χ0) is 20.3. The van der Waals surface area contributed by atoms with Gasteiger partial charge in [0.25, 0.3) is 0 Å². The van der Waals surface area contributed by atoms with Crippen LogP contribution in [-0.4, -0.2) is 10.9 Å². The zero-order valence-electron chi connectivity index (χ0n) is 16.8. The summed E-state index contributed by atoms with van der Waals surface area (Å²) < 4.78 is 0. The smallest absolute Gasteiger partial charge is 0.231 e. The Balaban J connectivity index is 1.42. The Morgan fingerprint density at radius 1 is 0.900 bits per heavy atom. The molecule has 0 spiro atoms. The van der Waals surface area contributed by atoms with E-state index in [1.54, 1.807) is 6.20 Å². The van der Waals surface area contributed by atoms with E-state index in [4.69, 9.17) is 0 Å². The molecular weight excluding hydrogens is 368 g/mol. The molecule has 3 aliphatic rings. The molecule has 1 N–H and O–H groups in total. The number of carbonyl (C=O) groups excluding carboxylic acids is 1. The fourth-order valence-electron chi connectivity index (χ4n) is 5.60. The Morgan fingerprint density at radius 3 is 2.20 bits per heavy atom. The van der Waals surface area contributed by atoms with E-state index in [1.165, 1.54) is 22.3 Å². The maximum absolute atomic E-state index is 13.7. The Morgan fingerprint density at radius 2 is 1.50 bits per heavy atom. The highest BCUT2D eigenvalue weighted by atomic mass is 16.2. The van der Waals surface area contributed by atoms with E-state index in [2.05, 4.69) is 65.8 Å². The second-order valence-electron chi connectivity index (χ2n) is 8.74. The van der Waals surface area contributed by atoms with Crippen molar-refractivity contribution < 1.29 is 4.79 Å². The van der Waals surface area contributed by atoms with Gasteiger partial charge in [-0.3, -0.25) is 9.78 Å². The molecule has 1 heterocycles. The molecule has 3 heteroatoms. The molecule has 0 fully saturated rings. The first-order valence-electron chi connectivity index (χ1n) is 10.5. The van der Waals surface area contributed by atoms with E-state index in [1.807, 2.05) is 30.3 Å². The number of carbonyl (C=O) groups is 1. The highest BCUT2D eigenvalue weighted by Crippen LogP contribution is 2.61. The quantitative estimate of drug-likeness (QED) is 0.466. The van der Waals surface area contributed by atoms with Crippen molar-refractivity contribution in [2.24, 2.45) is 5.41 Å². The van der Waals surface area contributed by atoms with Crippen LogP contribution < -0.4 is 5.32 Å². The van der Waals surface area contributed by atoms with Crippen LogP contribution in [-0.2, 0) is 4.79 Å². The van der Waals surface area contributed by atoms with Crippen LogP contribution in [0.5, 0.6) is 0 Å². The highest BCUT2D eigenvalue weighted by molar-refractivity contribution is 5.98. The van der Waals surface area contributed by atoms with Crippen molar-refractivity contribution in [2.75, 3.05) is 5.32 Å². The second kappa shape index (κ2) is 6.27. The average Bonchev–Trinajstić information content (AvgIpc) is 2.79. The number of amides is 1. The topological polar surface area (TPSA) is 42.0 Å². The van der Waals surface area contributed by atoms with Crippen molar-refractivity contribution in [3.63, 3.8) is 0 Å². The van der Waals surface area contributed by atoms with Crippen LogP contribution in [0.4, 0.5) is 5.69 Å². The van der Waals surface area contributed by atoms with Crippen LogP contribution in [0.15, 0.2) is 85.1 Å². The molecule has 1 aromatic heterocycles. The van der Waals surface area contributed by atoms with Crippen molar-refractivity contribution in [3.05, 3.63) is 107 Å². The van der Waals surface area contributed by atoms with E-state index in [0.717, 1.165) is 23.0 Å². The number of rotatable bonds is 2. The predicted molar refractivity (Wildman–Crippen MR) is 120 cm³/mol. The summed E-state index contributed by atoms with van der Waals surface area (Å²) in [6.45, 7) is 2.13. The first-order valence-corrected chi connectivity index (χ1v) is 10.5. The Bertz CT molecular complexity index is 1260. The maximum Gasteiger partial charge on any atom is 0.231 e. The molecule has 0 saturated heterocycles. The lowest BCUT2D eigenvalue weighted by atomic mass is 9.52. The number of aromatic nitrogens is 1. The van der Waals surface area contributed by atoms with Crippen LogP contribution in [0.25, 0.3) is 10.9 Å². The largest absolute Gasteiger partial charge is 0.324 e. The van der Waals surface area contributed by atoms with Gasteiger partial charge in [0.1, 0.15) is 0 Å². The Hall–Kier alpha value is -3.46. The molecular formula is C27H22N2O. The number of hydrogen-bond acceptors (Lipinski definition) is 2. The summed E-state index contributed by atoms with van der Waals surface area (Å²) in [4.78, 5) is 18.2. The van der Waals surface area contributed by atoms with E-state index in [-0.39, 0.29) is 17.7 Å². The number of nitrogens with one attached hydrogen (secondary N) is 1. The van der Waals surface area contributed by atoms with Crippen molar-refractivity contribution in [1.82, 2.24) is 4.98 Å². The normalized spacial score (nSPS) is 23.6. The van der Waals surface area contributed by atoms with Crippen LogP contribution in [0, 0.1) is 5.41 Å². The lowest BCUT2D eigenvalue weighted by Gasteiger charge is -2.50. The van der Waals surface area contributed by atoms with Gasteiger partial charge in [0, 0.05) is 17.2 Å². The summed E-state index contributed by atoms with van der Waals surface area (Å²) in [5, 5.41) is 4.22. The number of nitrogens with zero attached hydrogens (tertiary/aromatic N) is 1. The summed E-state index contributed by atoms with van der Waals surface area (Å²) in [5.74, 6) is 0.384. The summed E-state index contributed by atoms with van der Waals surface area (Å²) >= 11 is 0. The van der Waals surface area contributed by atoms with Gasteiger partial charge < -0.3 is 5.32 Å². The molecule has 1 atom stereocenters. The fourth-order valence-corrected chi connectivity index (χ4v) is 5.60. The lowest BCUT2D eigenvalue weighted by Crippen LogP contribution is -2.47. The van der Waals surface area contributed by atoms with Gasteiger partial charge in [-0.1, -0.05) is 66.7 Å². The number of pyridine rings is 1. The third kappa shape index (κ3) is 2.38. The van der Waals surface area contributed by atoms with E-state index in [0.29, 0.717) is 0 Å². The van der Waals surface area contributed by atoms with E-state index in [9.17, 15) is 4.79 Å². The van der Waals surface area contributed by atoms with Gasteiger partial charge in [-0.15, -0.1) is 0 Å². The Kier molecular flexibility index (Phi) is 3.64. The molecule has 1 amide bonds. The molecule has 3 aromatic carbocycles. The summed E-state index contributed by atoms with van der Waals surface area (Å²) in [6.07, 6.45) is 2.57. The molecule has 7 rings (SSSR count). The lowest BCUT2D eigenvalue weighted by molar-refractivity contribution is -0.126. The molecule has 0 aliphatic heterocycles. The van der Waals surface area contributed by atoms with Crippen LogP contribution >= 0.6 is 0 Å². The van der Waals surface area contributed by atoms with Gasteiger partial charge in [-0.05, 0) is 47.7 Å². The van der Waals surface area contributed by atoms with Gasteiger partial charge in [0.05, 0.1) is 22.8 Å². The predicted octanol–water partition coefficient (Wildman–Crippen LogP) is 5.86. The highest BCUT2D eigenvalue weighted by Gasteiger charge is 2.53. The Labute approximate surface area is 175 Å². The van der Waals surface area contributed by atoms with Gasteiger partial charge in [-0.2, -0.15) is 0 Å². The zero-order valence-corrected chi connectivity index (χ0v) is 16.8. The molecule has 0 radical (unpaired) electrons. The average molecular weight is 390 g/mol. The van der Waals surface area contributed by atoms with Crippen molar-refractivity contribution >= 4 is 22.5 Å². The molecule has 3 aliphatic carbocycles. The first kappa shape index (κ1) is 17.4. The van der Waals surface area contributed by atoms with E-state index < -0.39 is 5.41 Å². The minimum Gasteiger partial charge on any atom is -0.324 e. The number of fused-ring (bicyclic) bond motifs is 2. The molecule has 3 nitrogen and oxygen atoms in total. The maximum atomic E-state index is 13.7. The number of hydrogen-bond donors (Lipinski definition) is 1. The first-order chi connectivity index (χ1) is 14.6. The molecule has 1 unspecified atom stereocenters.